The van der Waals surface area contributed by atoms with Crippen molar-refractivity contribution in [2.45, 2.75) is 18.9 Å². The van der Waals surface area contributed by atoms with Crippen LogP contribution in [0.15, 0.2) is 24.3 Å². The van der Waals surface area contributed by atoms with Crippen molar-refractivity contribution in [3.63, 3.8) is 0 Å². The fraction of sp³-hybridized carbons (Fsp3) is 0.500. The molecular weight excluding hydrogens is 320 g/mol. The predicted molar refractivity (Wildman–Crippen MR) is 86.5 cm³/mol. The van der Waals surface area contributed by atoms with Crippen molar-refractivity contribution in [3.05, 3.63) is 34.9 Å². The minimum absolute atomic E-state index is 0.212. The highest BCUT2D eigenvalue weighted by atomic mass is 35.5. The first-order valence-electron chi connectivity index (χ1n) is 7.54. The summed E-state index contributed by atoms with van der Waals surface area (Å²) in [5.41, 5.74) is 0.869. The zero-order valence-electron chi connectivity index (χ0n) is 13.0. The van der Waals surface area contributed by atoms with Crippen molar-refractivity contribution < 1.29 is 19.4 Å². The number of carbonyl (C=O) groups is 2. The molecule has 2 N–H and O–H groups in total. The van der Waals surface area contributed by atoms with E-state index in [4.69, 9.17) is 21.4 Å². The summed E-state index contributed by atoms with van der Waals surface area (Å²) in [6.07, 6.45) is 0.962. The van der Waals surface area contributed by atoms with E-state index in [1.165, 1.54) is 0 Å². The van der Waals surface area contributed by atoms with Gasteiger partial charge in [-0.15, -0.1) is 0 Å². The Hall–Kier alpha value is -1.79. The number of piperidine rings is 1. The van der Waals surface area contributed by atoms with Crippen molar-refractivity contribution in [2.24, 2.45) is 5.92 Å². The lowest BCUT2D eigenvalue weighted by Crippen LogP contribution is -2.47. The lowest BCUT2D eigenvalue weighted by atomic mass is 9.97. The second kappa shape index (κ2) is 8.17. The molecule has 23 heavy (non-hydrogen) atoms. The topological polar surface area (TPSA) is 78.9 Å². The molecule has 0 bridgehead atoms. The summed E-state index contributed by atoms with van der Waals surface area (Å²) >= 11 is 6.00. The zero-order valence-corrected chi connectivity index (χ0v) is 13.8. The summed E-state index contributed by atoms with van der Waals surface area (Å²) in [5, 5.41) is 12.5. The molecule has 1 atom stereocenters. The van der Waals surface area contributed by atoms with Gasteiger partial charge in [0.2, 0.25) is 0 Å². The highest BCUT2D eigenvalue weighted by molar-refractivity contribution is 6.30. The van der Waals surface area contributed by atoms with Gasteiger partial charge in [-0.1, -0.05) is 23.7 Å². The van der Waals surface area contributed by atoms with Gasteiger partial charge in [0.05, 0.1) is 18.6 Å². The normalized spacial score (nSPS) is 16.9. The largest absolute Gasteiger partial charge is 0.481 e. The highest BCUT2D eigenvalue weighted by Gasteiger charge is 2.28. The number of hydrogen-bond acceptors (Lipinski definition) is 3. The first-order valence-corrected chi connectivity index (χ1v) is 7.91. The SMILES string of the molecule is COCC(NC(=O)N1CCC(C(=O)O)CC1)c1cccc(Cl)c1. The number of hydrogen-bond donors (Lipinski definition) is 2. The molecular formula is C16H21ClN2O4. The summed E-state index contributed by atoms with van der Waals surface area (Å²) in [6.45, 7) is 1.22. The van der Waals surface area contributed by atoms with Gasteiger partial charge in [-0.05, 0) is 30.5 Å². The smallest absolute Gasteiger partial charge is 0.317 e. The molecule has 0 aromatic heterocycles. The number of rotatable bonds is 5. The molecule has 0 saturated carbocycles. The first kappa shape index (κ1) is 17.6. The summed E-state index contributed by atoms with van der Waals surface area (Å²) in [4.78, 5) is 25.0. The highest BCUT2D eigenvalue weighted by Crippen LogP contribution is 2.20. The van der Waals surface area contributed by atoms with Crippen molar-refractivity contribution in [3.8, 4) is 0 Å². The van der Waals surface area contributed by atoms with Gasteiger partial charge in [0.15, 0.2) is 0 Å². The molecule has 7 heteroatoms. The number of carboxylic acid groups (broad SMARTS) is 1. The van der Waals surface area contributed by atoms with Crippen LogP contribution in [-0.2, 0) is 9.53 Å². The number of likely N-dealkylation sites (tertiary alicyclic amines) is 1. The van der Waals surface area contributed by atoms with Gasteiger partial charge >= 0.3 is 12.0 Å². The lowest BCUT2D eigenvalue weighted by molar-refractivity contribution is -0.143. The Kier molecular flexibility index (Phi) is 6.24. The molecule has 2 rings (SSSR count). The molecule has 0 radical (unpaired) electrons. The Labute approximate surface area is 140 Å². The van der Waals surface area contributed by atoms with E-state index in [2.05, 4.69) is 5.32 Å². The fourth-order valence-electron chi connectivity index (χ4n) is 2.68. The van der Waals surface area contributed by atoms with Crippen LogP contribution < -0.4 is 5.32 Å². The van der Waals surface area contributed by atoms with Crippen LogP contribution in [0.25, 0.3) is 0 Å². The third-order valence-electron chi connectivity index (χ3n) is 4.01. The van der Waals surface area contributed by atoms with Crippen LogP contribution in [0.3, 0.4) is 0 Å². The molecule has 1 unspecified atom stereocenters. The van der Waals surface area contributed by atoms with Crippen LogP contribution >= 0.6 is 11.6 Å². The number of methoxy groups -OCH3 is 1. The molecule has 1 fully saturated rings. The van der Waals surface area contributed by atoms with E-state index in [0.29, 0.717) is 37.6 Å². The molecule has 1 heterocycles. The molecule has 1 aliphatic heterocycles. The molecule has 1 aromatic carbocycles. The molecule has 1 saturated heterocycles. The van der Waals surface area contributed by atoms with E-state index in [0.717, 1.165) is 5.56 Å². The average molecular weight is 341 g/mol. The van der Waals surface area contributed by atoms with Gasteiger partial charge in [-0.2, -0.15) is 0 Å². The second-order valence-corrected chi connectivity index (χ2v) is 6.05. The molecule has 1 aliphatic rings. The maximum absolute atomic E-state index is 12.4. The minimum atomic E-state index is -0.791. The number of benzene rings is 1. The maximum Gasteiger partial charge on any atom is 0.317 e. The number of carbonyl (C=O) groups excluding carboxylic acids is 1. The van der Waals surface area contributed by atoms with E-state index >= 15 is 0 Å². The van der Waals surface area contributed by atoms with Crippen LogP contribution in [0, 0.1) is 5.92 Å². The number of urea groups is 1. The molecule has 126 valence electrons. The van der Waals surface area contributed by atoms with Crippen molar-refractivity contribution in [2.75, 3.05) is 26.8 Å². The summed E-state index contributed by atoms with van der Waals surface area (Å²) in [7, 11) is 1.57. The molecule has 0 spiro atoms. The molecule has 0 aliphatic carbocycles. The van der Waals surface area contributed by atoms with E-state index in [9.17, 15) is 9.59 Å². The molecule has 2 amide bonds. The van der Waals surface area contributed by atoms with E-state index in [1.54, 1.807) is 24.1 Å². The van der Waals surface area contributed by atoms with Crippen molar-refractivity contribution in [1.29, 1.82) is 0 Å². The first-order chi connectivity index (χ1) is 11.0. The number of carboxylic acids is 1. The van der Waals surface area contributed by atoms with Crippen LogP contribution in [0.5, 0.6) is 0 Å². The molecule has 1 aromatic rings. The number of nitrogens with one attached hydrogen (secondary N) is 1. The van der Waals surface area contributed by atoms with Crippen molar-refractivity contribution in [1.82, 2.24) is 10.2 Å². The number of ether oxygens (including phenoxy) is 1. The Morgan fingerprint density at radius 2 is 2.13 bits per heavy atom. The van der Waals surface area contributed by atoms with E-state index in [-0.39, 0.29) is 18.0 Å². The summed E-state index contributed by atoms with van der Waals surface area (Å²) < 4.78 is 5.18. The number of nitrogens with zero attached hydrogens (tertiary/aromatic N) is 1. The number of aliphatic carboxylic acids is 1. The van der Waals surface area contributed by atoms with Gasteiger partial charge in [0, 0.05) is 25.2 Å². The van der Waals surface area contributed by atoms with Crippen molar-refractivity contribution >= 4 is 23.6 Å². The fourth-order valence-corrected chi connectivity index (χ4v) is 2.88. The van der Waals surface area contributed by atoms with Crippen LogP contribution in [0.4, 0.5) is 4.79 Å². The zero-order chi connectivity index (χ0) is 16.8. The predicted octanol–water partition coefficient (Wildman–Crippen LogP) is 2.53. The third kappa shape index (κ3) is 4.84. The van der Waals surface area contributed by atoms with E-state index < -0.39 is 5.97 Å². The third-order valence-corrected chi connectivity index (χ3v) is 4.25. The summed E-state index contributed by atoms with van der Waals surface area (Å²) in [6, 6.07) is 6.76. The van der Waals surface area contributed by atoms with Gasteiger partial charge in [-0.3, -0.25) is 4.79 Å². The Balaban J connectivity index is 1.97. The standard InChI is InChI=1S/C16H21ClN2O4/c1-23-10-14(12-3-2-4-13(17)9-12)18-16(22)19-7-5-11(6-8-19)15(20)21/h2-4,9,11,14H,5-8,10H2,1H3,(H,18,22)(H,20,21). The Bertz CT molecular complexity index is 559. The van der Waals surface area contributed by atoms with Gasteiger partial charge in [-0.25, -0.2) is 4.79 Å². The minimum Gasteiger partial charge on any atom is -0.481 e. The Morgan fingerprint density at radius 3 is 2.70 bits per heavy atom. The van der Waals surface area contributed by atoms with Gasteiger partial charge in [0.1, 0.15) is 0 Å². The maximum atomic E-state index is 12.4. The monoisotopic (exact) mass is 340 g/mol. The Morgan fingerprint density at radius 1 is 1.43 bits per heavy atom. The van der Waals surface area contributed by atoms with Crippen LogP contribution in [-0.4, -0.2) is 48.8 Å². The number of amides is 2. The average Bonchev–Trinajstić information content (AvgIpc) is 2.54. The van der Waals surface area contributed by atoms with Gasteiger partial charge in [0.25, 0.3) is 0 Å². The number of halogens is 1. The lowest BCUT2D eigenvalue weighted by Gasteiger charge is -2.31. The second-order valence-electron chi connectivity index (χ2n) is 5.61. The molecule has 6 nitrogen and oxygen atoms in total. The quantitative estimate of drug-likeness (QED) is 0.863. The van der Waals surface area contributed by atoms with Crippen LogP contribution in [0.1, 0.15) is 24.4 Å². The van der Waals surface area contributed by atoms with Gasteiger partial charge < -0.3 is 20.1 Å². The summed E-state index contributed by atoms with van der Waals surface area (Å²) in [5.74, 6) is -1.15. The van der Waals surface area contributed by atoms with Crippen LogP contribution in [0.2, 0.25) is 5.02 Å². The van der Waals surface area contributed by atoms with E-state index in [1.807, 2.05) is 12.1 Å².